The molecular weight excluding hydrogens is 328 g/mol. The summed E-state index contributed by atoms with van der Waals surface area (Å²) in [5.41, 5.74) is 2.31. The third kappa shape index (κ3) is 4.35. The smallest absolute Gasteiger partial charge is 0.230 e. The molecule has 24 heavy (non-hydrogen) atoms. The predicted octanol–water partition coefficient (Wildman–Crippen LogP) is 4.63. The number of benzene rings is 2. The largest absolute Gasteiger partial charge is 0.348 e. The van der Waals surface area contributed by atoms with Crippen LogP contribution < -0.4 is 5.32 Å². The zero-order chi connectivity index (χ0) is 17.1. The zero-order valence-electron chi connectivity index (χ0n) is 13.4. The number of carbonyl (C=O) groups excluding carboxylic acids is 1. The molecule has 0 saturated heterocycles. The Bertz CT molecular complexity index is 729. The molecule has 1 N–H and O–H groups in total. The molecule has 0 aromatic heterocycles. The molecule has 0 heterocycles. The molecule has 1 atom stereocenters. The van der Waals surface area contributed by atoms with Gasteiger partial charge in [0.15, 0.2) is 11.6 Å². The molecule has 0 bridgehead atoms. The first-order valence-electron chi connectivity index (χ1n) is 7.97. The van der Waals surface area contributed by atoms with Crippen molar-refractivity contribution in [3.63, 3.8) is 0 Å². The van der Waals surface area contributed by atoms with Crippen molar-refractivity contribution in [1.82, 2.24) is 5.32 Å². The summed E-state index contributed by atoms with van der Waals surface area (Å²) in [6.45, 7) is 2.03. The van der Waals surface area contributed by atoms with Gasteiger partial charge in [0, 0.05) is 4.90 Å². The number of amides is 1. The lowest BCUT2D eigenvalue weighted by atomic mass is 10.0. The number of rotatable bonds is 6. The van der Waals surface area contributed by atoms with Crippen LogP contribution in [0.25, 0.3) is 0 Å². The lowest BCUT2D eigenvalue weighted by Crippen LogP contribution is -2.31. The molecule has 2 aromatic rings. The van der Waals surface area contributed by atoms with Gasteiger partial charge in [-0.3, -0.25) is 4.79 Å². The van der Waals surface area contributed by atoms with E-state index in [1.807, 2.05) is 19.1 Å². The molecule has 1 amide bonds. The van der Waals surface area contributed by atoms with Gasteiger partial charge in [-0.2, -0.15) is 0 Å². The highest BCUT2D eigenvalue weighted by Crippen LogP contribution is 2.41. The number of nitrogens with one attached hydrogen (secondary N) is 1. The second kappa shape index (κ2) is 7.34. The van der Waals surface area contributed by atoms with E-state index in [-0.39, 0.29) is 17.7 Å². The lowest BCUT2D eigenvalue weighted by molar-refractivity contribution is -0.119. The van der Waals surface area contributed by atoms with Crippen LogP contribution in [-0.4, -0.2) is 11.7 Å². The van der Waals surface area contributed by atoms with E-state index in [1.165, 1.54) is 23.4 Å². The maximum atomic E-state index is 13.2. The van der Waals surface area contributed by atoms with Crippen molar-refractivity contribution in [1.29, 1.82) is 0 Å². The topological polar surface area (TPSA) is 29.1 Å². The molecule has 0 unspecified atom stereocenters. The Labute approximate surface area is 144 Å². The van der Waals surface area contributed by atoms with E-state index in [9.17, 15) is 13.6 Å². The Morgan fingerprint density at radius 3 is 2.50 bits per heavy atom. The first-order chi connectivity index (χ1) is 11.5. The lowest BCUT2D eigenvalue weighted by Gasteiger charge is -2.19. The summed E-state index contributed by atoms with van der Waals surface area (Å²) in [6, 6.07) is 11.9. The van der Waals surface area contributed by atoms with E-state index < -0.39 is 11.6 Å². The normalized spacial score (nSPS) is 15.1. The predicted molar refractivity (Wildman–Crippen MR) is 91.9 cm³/mol. The quantitative estimate of drug-likeness (QED) is 0.772. The van der Waals surface area contributed by atoms with E-state index in [0.29, 0.717) is 10.8 Å². The molecule has 2 nitrogen and oxygen atoms in total. The first kappa shape index (κ1) is 17.0. The van der Waals surface area contributed by atoms with Gasteiger partial charge in [-0.25, -0.2) is 8.78 Å². The molecule has 1 aliphatic carbocycles. The maximum absolute atomic E-state index is 13.2. The van der Waals surface area contributed by atoms with Crippen LogP contribution in [0, 0.1) is 24.5 Å². The van der Waals surface area contributed by atoms with Crippen molar-refractivity contribution >= 4 is 17.7 Å². The van der Waals surface area contributed by atoms with Crippen LogP contribution in [0.5, 0.6) is 0 Å². The number of aryl methyl sites for hydroxylation is 1. The maximum Gasteiger partial charge on any atom is 0.230 e. The summed E-state index contributed by atoms with van der Waals surface area (Å²) >= 11 is 1.20. The summed E-state index contributed by atoms with van der Waals surface area (Å²) in [5.74, 6) is -1.19. The van der Waals surface area contributed by atoms with Crippen LogP contribution in [0.4, 0.5) is 8.78 Å². The highest BCUT2D eigenvalue weighted by molar-refractivity contribution is 8.00. The zero-order valence-corrected chi connectivity index (χ0v) is 14.2. The first-order valence-corrected chi connectivity index (χ1v) is 8.95. The third-order valence-corrected chi connectivity index (χ3v) is 5.10. The molecule has 2 aromatic carbocycles. The van der Waals surface area contributed by atoms with Crippen molar-refractivity contribution in [3.8, 4) is 0 Å². The van der Waals surface area contributed by atoms with Crippen LogP contribution in [-0.2, 0) is 4.79 Å². The average molecular weight is 347 g/mol. The number of hydrogen-bond acceptors (Lipinski definition) is 2. The third-order valence-electron chi connectivity index (χ3n) is 4.11. The standard InChI is InChI=1S/C19H19F2NOS/c1-12-2-4-13(5-3-12)19(14-6-7-14)22-18(23)11-24-15-8-9-16(20)17(21)10-15/h2-5,8-10,14,19H,6-7,11H2,1H3,(H,22,23)/t19-/m1/s1. The van der Waals surface area contributed by atoms with Crippen LogP contribution in [0.3, 0.4) is 0 Å². The summed E-state index contributed by atoms with van der Waals surface area (Å²) in [5, 5.41) is 3.08. The van der Waals surface area contributed by atoms with Gasteiger partial charge in [0.05, 0.1) is 11.8 Å². The minimum Gasteiger partial charge on any atom is -0.348 e. The van der Waals surface area contributed by atoms with Gasteiger partial charge < -0.3 is 5.32 Å². The van der Waals surface area contributed by atoms with E-state index >= 15 is 0 Å². The highest BCUT2D eigenvalue weighted by atomic mass is 32.2. The molecule has 1 saturated carbocycles. The van der Waals surface area contributed by atoms with Crippen molar-refractivity contribution < 1.29 is 13.6 Å². The fourth-order valence-corrected chi connectivity index (χ4v) is 3.34. The molecular formula is C19H19F2NOS. The van der Waals surface area contributed by atoms with Crippen LogP contribution >= 0.6 is 11.8 Å². The average Bonchev–Trinajstić information content (AvgIpc) is 3.39. The van der Waals surface area contributed by atoms with Gasteiger partial charge in [0.2, 0.25) is 5.91 Å². The Morgan fingerprint density at radius 1 is 1.17 bits per heavy atom. The van der Waals surface area contributed by atoms with Gasteiger partial charge in [-0.15, -0.1) is 11.8 Å². The molecule has 0 aliphatic heterocycles. The van der Waals surface area contributed by atoms with E-state index in [0.717, 1.165) is 30.5 Å². The minimum atomic E-state index is -0.893. The van der Waals surface area contributed by atoms with Gasteiger partial charge in [-0.1, -0.05) is 29.8 Å². The van der Waals surface area contributed by atoms with Gasteiger partial charge in [-0.05, 0) is 49.4 Å². The fourth-order valence-electron chi connectivity index (χ4n) is 2.61. The summed E-state index contributed by atoms with van der Waals surface area (Å²) in [7, 11) is 0. The monoisotopic (exact) mass is 347 g/mol. The van der Waals surface area contributed by atoms with E-state index in [1.54, 1.807) is 0 Å². The fraction of sp³-hybridized carbons (Fsp3) is 0.316. The molecule has 126 valence electrons. The molecule has 0 spiro atoms. The number of halogens is 2. The Kier molecular flexibility index (Phi) is 5.19. The SMILES string of the molecule is Cc1ccc([C@@H](NC(=O)CSc2ccc(F)c(F)c2)C2CC2)cc1. The van der Waals surface area contributed by atoms with E-state index in [4.69, 9.17) is 0 Å². The molecule has 0 radical (unpaired) electrons. The van der Waals surface area contributed by atoms with Gasteiger partial charge in [0.25, 0.3) is 0 Å². The van der Waals surface area contributed by atoms with Gasteiger partial charge in [0.1, 0.15) is 0 Å². The summed E-state index contributed by atoms with van der Waals surface area (Å²) < 4.78 is 26.1. The van der Waals surface area contributed by atoms with Gasteiger partial charge >= 0.3 is 0 Å². The Morgan fingerprint density at radius 2 is 1.88 bits per heavy atom. The molecule has 5 heteroatoms. The van der Waals surface area contributed by atoms with Crippen molar-refractivity contribution in [2.24, 2.45) is 5.92 Å². The minimum absolute atomic E-state index is 0.0312. The molecule has 1 fully saturated rings. The van der Waals surface area contributed by atoms with Crippen LogP contribution in [0.15, 0.2) is 47.4 Å². The number of hydrogen-bond donors (Lipinski definition) is 1. The Hall–Kier alpha value is -1.88. The van der Waals surface area contributed by atoms with Crippen LogP contribution in [0.1, 0.15) is 30.0 Å². The Balaban J connectivity index is 1.59. The molecule has 3 rings (SSSR count). The van der Waals surface area contributed by atoms with Crippen molar-refractivity contribution in [3.05, 3.63) is 65.2 Å². The summed E-state index contributed by atoms with van der Waals surface area (Å²) in [6.07, 6.45) is 2.24. The summed E-state index contributed by atoms with van der Waals surface area (Å²) in [4.78, 5) is 12.8. The molecule has 1 aliphatic rings. The second-order valence-electron chi connectivity index (χ2n) is 6.16. The number of thioether (sulfide) groups is 1. The highest BCUT2D eigenvalue weighted by Gasteiger charge is 2.33. The van der Waals surface area contributed by atoms with Crippen LogP contribution in [0.2, 0.25) is 0 Å². The van der Waals surface area contributed by atoms with Crippen molar-refractivity contribution in [2.75, 3.05) is 5.75 Å². The second-order valence-corrected chi connectivity index (χ2v) is 7.21. The van der Waals surface area contributed by atoms with Crippen molar-refractivity contribution in [2.45, 2.75) is 30.7 Å². The van der Waals surface area contributed by atoms with E-state index in [2.05, 4.69) is 17.4 Å². The number of carbonyl (C=O) groups is 1.